The predicted molar refractivity (Wildman–Crippen MR) is 69.0 cm³/mol. The van der Waals surface area contributed by atoms with Gasteiger partial charge in [-0.25, -0.2) is 9.97 Å². The van der Waals surface area contributed by atoms with Crippen LogP contribution in [0.5, 0.6) is 0 Å². The van der Waals surface area contributed by atoms with Gasteiger partial charge in [0.05, 0.1) is 6.07 Å². The zero-order valence-corrected chi connectivity index (χ0v) is 10.7. The van der Waals surface area contributed by atoms with Gasteiger partial charge in [0.1, 0.15) is 24.0 Å². The molecule has 0 bridgehead atoms. The number of nitrogens with one attached hydrogen (secondary N) is 1. The highest BCUT2D eigenvalue weighted by Gasteiger charge is 2.05. The number of aryl methyl sites for hydroxylation is 1. The van der Waals surface area contributed by atoms with Gasteiger partial charge in [-0.1, -0.05) is 13.3 Å². The number of anilines is 2. The number of nitrogens with zero attached hydrogens (tertiary/aromatic N) is 4. The second-order valence-corrected chi connectivity index (χ2v) is 3.95. The van der Waals surface area contributed by atoms with E-state index in [4.69, 9.17) is 5.26 Å². The van der Waals surface area contributed by atoms with Crippen molar-refractivity contribution in [3.8, 4) is 6.07 Å². The quantitative estimate of drug-likeness (QED) is 0.601. The van der Waals surface area contributed by atoms with Crippen molar-refractivity contribution in [2.75, 3.05) is 30.4 Å². The molecule has 17 heavy (non-hydrogen) atoms. The normalized spacial score (nSPS) is 9.76. The van der Waals surface area contributed by atoms with Crippen LogP contribution in [-0.2, 0) is 0 Å². The van der Waals surface area contributed by atoms with Gasteiger partial charge in [0.25, 0.3) is 0 Å². The first kappa shape index (κ1) is 13.2. The Morgan fingerprint density at radius 3 is 2.88 bits per heavy atom. The molecule has 0 radical (unpaired) electrons. The third-order valence-electron chi connectivity index (χ3n) is 2.36. The minimum absolute atomic E-state index is 0.324. The molecule has 0 saturated carbocycles. The van der Waals surface area contributed by atoms with E-state index in [0.717, 1.165) is 31.0 Å². The second kappa shape index (κ2) is 6.69. The average Bonchev–Trinajstić information content (AvgIpc) is 2.29. The molecule has 1 rings (SSSR count). The first-order valence-electron chi connectivity index (χ1n) is 5.85. The van der Waals surface area contributed by atoms with Crippen LogP contribution in [0.2, 0.25) is 0 Å². The average molecular weight is 233 g/mol. The van der Waals surface area contributed by atoms with Crippen LogP contribution in [-0.4, -0.2) is 30.1 Å². The maximum Gasteiger partial charge on any atom is 0.134 e. The van der Waals surface area contributed by atoms with Crippen molar-refractivity contribution in [1.82, 2.24) is 9.97 Å². The molecule has 0 spiro atoms. The Morgan fingerprint density at radius 2 is 2.24 bits per heavy atom. The molecular formula is C12H19N5. The first-order valence-corrected chi connectivity index (χ1v) is 5.85. The molecule has 92 valence electrons. The molecule has 0 aliphatic rings. The molecule has 0 aliphatic carbocycles. The monoisotopic (exact) mass is 233 g/mol. The summed E-state index contributed by atoms with van der Waals surface area (Å²) in [6.45, 7) is 5.24. The van der Waals surface area contributed by atoms with E-state index in [-0.39, 0.29) is 0 Å². The summed E-state index contributed by atoms with van der Waals surface area (Å²) in [5, 5.41) is 11.9. The fraction of sp³-hybridized carbons (Fsp3) is 0.583. The third-order valence-corrected chi connectivity index (χ3v) is 2.36. The van der Waals surface area contributed by atoms with Crippen molar-refractivity contribution in [2.45, 2.75) is 26.7 Å². The van der Waals surface area contributed by atoms with E-state index in [1.165, 1.54) is 0 Å². The van der Waals surface area contributed by atoms with Gasteiger partial charge in [-0.05, 0) is 13.3 Å². The third kappa shape index (κ3) is 4.27. The molecule has 5 heteroatoms. The van der Waals surface area contributed by atoms with Crippen molar-refractivity contribution in [1.29, 1.82) is 5.26 Å². The van der Waals surface area contributed by atoms with E-state index in [9.17, 15) is 0 Å². The summed E-state index contributed by atoms with van der Waals surface area (Å²) >= 11 is 0. The van der Waals surface area contributed by atoms with Crippen LogP contribution < -0.4 is 10.2 Å². The lowest BCUT2D eigenvalue weighted by atomic mass is 10.3. The zero-order valence-electron chi connectivity index (χ0n) is 10.7. The molecule has 1 N–H and O–H groups in total. The number of rotatable bonds is 6. The zero-order chi connectivity index (χ0) is 12.7. The van der Waals surface area contributed by atoms with Crippen LogP contribution in [0.4, 0.5) is 11.6 Å². The summed E-state index contributed by atoms with van der Waals surface area (Å²) in [6, 6.07) is 3.98. The lowest BCUT2D eigenvalue weighted by Gasteiger charge is -2.15. The van der Waals surface area contributed by atoms with Gasteiger partial charge in [0, 0.05) is 19.7 Å². The lowest BCUT2D eigenvalue weighted by Crippen LogP contribution is -2.19. The molecule has 0 amide bonds. The van der Waals surface area contributed by atoms with Crippen molar-refractivity contribution < 1.29 is 0 Å². The van der Waals surface area contributed by atoms with Gasteiger partial charge in [0.15, 0.2) is 0 Å². The molecule has 1 aromatic rings. The summed E-state index contributed by atoms with van der Waals surface area (Å²) in [6.07, 6.45) is 2.27. The fourth-order valence-electron chi connectivity index (χ4n) is 1.42. The van der Waals surface area contributed by atoms with Crippen LogP contribution in [0, 0.1) is 18.3 Å². The molecule has 0 aromatic carbocycles. The van der Waals surface area contributed by atoms with Crippen molar-refractivity contribution in [2.24, 2.45) is 0 Å². The van der Waals surface area contributed by atoms with Crippen LogP contribution in [0.25, 0.3) is 0 Å². The van der Waals surface area contributed by atoms with Gasteiger partial charge < -0.3 is 10.2 Å². The van der Waals surface area contributed by atoms with E-state index in [1.54, 1.807) is 4.90 Å². The summed E-state index contributed by atoms with van der Waals surface area (Å²) < 4.78 is 0. The fourth-order valence-corrected chi connectivity index (χ4v) is 1.42. The highest BCUT2D eigenvalue weighted by Crippen LogP contribution is 2.14. The Kier molecular flexibility index (Phi) is 5.21. The topological polar surface area (TPSA) is 64.8 Å². The SMILES string of the molecule is CCCCNc1cc(N(C)CC#N)nc(C)n1. The molecular weight excluding hydrogens is 214 g/mol. The lowest BCUT2D eigenvalue weighted by molar-refractivity contribution is 0.828. The van der Waals surface area contributed by atoms with Gasteiger partial charge in [-0.3, -0.25) is 0 Å². The van der Waals surface area contributed by atoms with Crippen LogP contribution >= 0.6 is 0 Å². The molecule has 0 atom stereocenters. The highest BCUT2D eigenvalue weighted by molar-refractivity contribution is 5.49. The van der Waals surface area contributed by atoms with E-state index in [0.29, 0.717) is 12.4 Å². The maximum absolute atomic E-state index is 8.66. The minimum Gasteiger partial charge on any atom is -0.370 e. The number of nitriles is 1. The Balaban J connectivity index is 2.76. The summed E-state index contributed by atoms with van der Waals surface area (Å²) in [5.41, 5.74) is 0. The number of hydrogen-bond donors (Lipinski definition) is 1. The van der Waals surface area contributed by atoms with Crippen LogP contribution in [0.3, 0.4) is 0 Å². The van der Waals surface area contributed by atoms with E-state index < -0.39 is 0 Å². The summed E-state index contributed by atoms with van der Waals surface area (Å²) in [4.78, 5) is 10.4. The molecule has 0 fully saturated rings. The number of hydrogen-bond acceptors (Lipinski definition) is 5. The molecule has 0 unspecified atom stereocenters. The molecule has 5 nitrogen and oxygen atoms in total. The minimum atomic E-state index is 0.324. The Hall–Kier alpha value is -1.83. The molecule has 1 heterocycles. The van der Waals surface area contributed by atoms with Crippen molar-refractivity contribution >= 4 is 11.6 Å². The van der Waals surface area contributed by atoms with Gasteiger partial charge in [-0.2, -0.15) is 5.26 Å². The van der Waals surface area contributed by atoms with Crippen LogP contribution in [0.1, 0.15) is 25.6 Å². The van der Waals surface area contributed by atoms with E-state index in [1.807, 2.05) is 20.0 Å². The highest BCUT2D eigenvalue weighted by atomic mass is 15.2. The van der Waals surface area contributed by atoms with Gasteiger partial charge in [-0.15, -0.1) is 0 Å². The summed E-state index contributed by atoms with van der Waals surface area (Å²) in [5.74, 6) is 2.31. The predicted octanol–water partition coefficient (Wildman–Crippen LogP) is 1.96. The molecule has 1 aromatic heterocycles. The van der Waals surface area contributed by atoms with E-state index in [2.05, 4.69) is 28.3 Å². The second-order valence-electron chi connectivity index (χ2n) is 3.95. The van der Waals surface area contributed by atoms with Crippen LogP contribution in [0.15, 0.2) is 6.07 Å². The number of aromatic nitrogens is 2. The first-order chi connectivity index (χ1) is 8.17. The van der Waals surface area contributed by atoms with Gasteiger partial charge in [0.2, 0.25) is 0 Å². The van der Waals surface area contributed by atoms with Crippen molar-refractivity contribution in [3.63, 3.8) is 0 Å². The maximum atomic E-state index is 8.66. The van der Waals surface area contributed by atoms with Crippen molar-refractivity contribution in [3.05, 3.63) is 11.9 Å². The Labute approximate surface area is 102 Å². The Morgan fingerprint density at radius 1 is 1.47 bits per heavy atom. The van der Waals surface area contributed by atoms with E-state index >= 15 is 0 Å². The molecule has 0 saturated heterocycles. The smallest absolute Gasteiger partial charge is 0.134 e. The Bertz CT molecular complexity index is 396. The van der Waals surface area contributed by atoms with Gasteiger partial charge >= 0.3 is 0 Å². The summed E-state index contributed by atoms with van der Waals surface area (Å²) in [7, 11) is 1.85. The number of unbranched alkanes of at least 4 members (excludes halogenated alkanes) is 1. The largest absolute Gasteiger partial charge is 0.370 e. The standard InChI is InChI=1S/C12H19N5/c1-4-5-7-14-11-9-12(16-10(2)15-11)17(3)8-6-13/h9H,4-5,7-8H2,1-3H3,(H,14,15,16). The molecule has 0 aliphatic heterocycles.